The van der Waals surface area contributed by atoms with Crippen LogP contribution in [-0.2, 0) is 20.9 Å². The van der Waals surface area contributed by atoms with Crippen LogP contribution >= 0.6 is 0 Å². The maximum absolute atomic E-state index is 12.6. The Hall–Kier alpha value is -3.11. The number of nitriles is 1. The molecule has 1 aromatic carbocycles. The summed E-state index contributed by atoms with van der Waals surface area (Å²) in [5, 5.41) is 13.2. The Morgan fingerprint density at radius 1 is 1.29 bits per heavy atom. The van der Waals surface area contributed by atoms with Crippen LogP contribution in [0.1, 0.15) is 18.4 Å². The van der Waals surface area contributed by atoms with Gasteiger partial charge in [-0.25, -0.2) is 0 Å². The topological polar surface area (TPSA) is 87.4 Å². The van der Waals surface area contributed by atoms with E-state index in [0.29, 0.717) is 26.2 Å². The summed E-state index contributed by atoms with van der Waals surface area (Å²) < 4.78 is 6.77. The molecule has 7 nitrogen and oxygen atoms in total. The highest BCUT2D eigenvalue weighted by Gasteiger charge is 2.22. The summed E-state index contributed by atoms with van der Waals surface area (Å²) in [7, 11) is 1.58. The number of amides is 2. The average Bonchev–Trinajstić information content (AvgIpc) is 3.35. The molecule has 0 aliphatic carbocycles. The lowest BCUT2D eigenvalue weighted by atomic mass is 10.1. The highest BCUT2D eigenvalue weighted by molar-refractivity contribution is 6.04. The molecule has 1 N–H and O–H groups in total. The number of likely N-dealkylation sites (tertiary alicyclic amines) is 1. The van der Waals surface area contributed by atoms with E-state index < -0.39 is 0 Å². The second-order valence-corrected chi connectivity index (χ2v) is 6.74. The van der Waals surface area contributed by atoms with Gasteiger partial charge >= 0.3 is 0 Å². The average molecular weight is 380 g/mol. The third-order valence-corrected chi connectivity index (χ3v) is 4.81. The molecule has 0 saturated carbocycles. The minimum Gasteiger partial charge on any atom is -0.383 e. The summed E-state index contributed by atoms with van der Waals surface area (Å²) >= 11 is 0. The van der Waals surface area contributed by atoms with Crippen molar-refractivity contribution in [2.24, 2.45) is 0 Å². The maximum atomic E-state index is 12.6. The van der Waals surface area contributed by atoms with Crippen LogP contribution in [0.5, 0.6) is 0 Å². The van der Waals surface area contributed by atoms with Crippen LogP contribution in [0.25, 0.3) is 17.0 Å². The molecule has 2 heterocycles. The molecule has 28 heavy (non-hydrogen) atoms. The normalized spacial score (nSPS) is 14.3. The van der Waals surface area contributed by atoms with Crippen molar-refractivity contribution in [2.45, 2.75) is 19.4 Å². The zero-order valence-electron chi connectivity index (χ0n) is 16.0. The molecule has 2 amide bonds. The Kier molecular flexibility index (Phi) is 6.45. The smallest absolute Gasteiger partial charge is 0.264 e. The molecule has 0 atom stereocenters. The summed E-state index contributed by atoms with van der Waals surface area (Å²) in [4.78, 5) is 26.5. The summed E-state index contributed by atoms with van der Waals surface area (Å²) in [6, 6.07) is 9.69. The highest BCUT2D eigenvalue weighted by Crippen LogP contribution is 2.24. The van der Waals surface area contributed by atoms with Gasteiger partial charge in [0, 0.05) is 49.4 Å². The van der Waals surface area contributed by atoms with Gasteiger partial charge < -0.3 is 19.5 Å². The first kappa shape index (κ1) is 19.6. The van der Waals surface area contributed by atoms with E-state index in [4.69, 9.17) is 4.74 Å². The van der Waals surface area contributed by atoms with Gasteiger partial charge in [-0.3, -0.25) is 9.59 Å². The molecule has 0 spiro atoms. The summed E-state index contributed by atoms with van der Waals surface area (Å²) in [5.41, 5.74) is 1.75. The van der Waals surface area contributed by atoms with Gasteiger partial charge in [0.05, 0.1) is 6.61 Å². The molecule has 1 aromatic heterocycles. The Morgan fingerprint density at radius 2 is 2.04 bits per heavy atom. The molecule has 1 aliphatic heterocycles. The number of benzene rings is 1. The van der Waals surface area contributed by atoms with E-state index in [1.807, 2.05) is 41.1 Å². The first-order valence-corrected chi connectivity index (χ1v) is 9.38. The first-order valence-electron chi connectivity index (χ1n) is 9.38. The predicted molar refractivity (Wildman–Crippen MR) is 106 cm³/mol. The quantitative estimate of drug-likeness (QED) is 0.452. The predicted octanol–water partition coefficient (Wildman–Crippen LogP) is 1.93. The fraction of sp³-hybridized carbons (Fsp3) is 0.381. The van der Waals surface area contributed by atoms with E-state index in [1.165, 1.54) is 0 Å². The van der Waals surface area contributed by atoms with Crippen molar-refractivity contribution in [3.05, 3.63) is 41.6 Å². The van der Waals surface area contributed by atoms with Gasteiger partial charge in [0.1, 0.15) is 18.2 Å². The van der Waals surface area contributed by atoms with E-state index in [-0.39, 0.29) is 23.9 Å². The summed E-state index contributed by atoms with van der Waals surface area (Å²) in [6.45, 7) is 2.45. The molecule has 1 aliphatic rings. The molecule has 1 fully saturated rings. The molecule has 1 saturated heterocycles. The van der Waals surface area contributed by atoms with E-state index in [0.717, 1.165) is 29.3 Å². The number of fused-ring (bicyclic) bond motifs is 1. The molecule has 0 radical (unpaired) electrons. The van der Waals surface area contributed by atoms with Crippen molar-refractivity contribution < 1.29 is 14.3 Å². The fourth-order valence-electron chi connectivity index (χ4n) is 3.41. The van der Waals surface area contributed by atoms with Crippen LogP contribution in [0.15, 0.2) is 36.0 Å². The van der Waals surface area contributed by atoms with Crippen molar-refractivity contribution in [1.82, 2.24) is 14.8 Å². The van der Waals surface area contributed by atoms with Gasteiger partial charge in [-0.1, -0.05) is 18.2 Å². The van der Waals surface area contributed by atoms with Gasteiger partial charge in [-0.2, -0.15) is 5.26 Å². The lowest BCUT2D eigenvalue weighted by molar-refractivity contribution is -0.125. The molecule has 0 unspecified atom stereocenters. The van der Waals surface area contributed by atoms with E-state index in [1.54, 1.807) is 18.1 Å². The lowest BCUT2D eigenvalue weighted by Crippen LogP contribution is -2.30. The fourth-order valence-corrected chi connectivity index (χ4v) is 3.41. The first-order chi connectivity index (χ1) is 13.6. The largest absolute Gasteiger partial charge is 0.383 e. The number of nitrogens with zero attached hydrogens (tertiary/aromatic N) is 3. The van der Waals surface area contributed by atoms with Crippen LogP contribution in [0.3, 0.4) is 0 Å². The minimum atomic E-state index is -0.228. The van der Waals surface area contributed by atoms with E-state index in [2.05, 4.69) is 5.32 Å². The number of nitrogens with one attached hydrogen (secondary N) is 1. The van der Waals surface area contributed by atoms with Crippen LogP contribution in [0.4, 0.5) is 0 Å². The van der Waals surface area contributed by atoms with Crippen molar-refractivity contribution in [2.75, 3.05) is 33.4 Å². The Balaban J connectivity index is 1.88. The molecule has 3 rings (SSSR count). The van der Waals surface area contributed by atoms with Gasteiger partial charge in [0.15, 0.2) is 0 Å². The van der Waals surface area contributed by atoms with Gasteiger partial charge in [0.2, 0.25) is 5.91 Å². The molecule has 0 bridgehead atoms. The van der Waals surface area contributed by atoms with Gasteiger partial charge in [-0.15, -0.1) is 0 Å². The molecule has 2 aromatic rings. The SMILES string of the molecule is COCCNC(=O)Cn1cc(/C=C(\C#N)C(=O)N2CCCC2)c2ccccc21. The van der Waals surface area contributed by atoms with Crippen LogP contribution in [0, 0.1) is 11.3 Å². The molecule has 146 valence electrons. The number of hydrogen-bond donors (Lipinski definition) is 1. The van der Waals surface area contributed by atoms with Crippen LogP contribution < -0.4 is 5.32 Å². The third-order valence-electron chi connectivity index (χ3n) is 4.81. The number of rotatable bonds is 7. The number of carbonyl (C=O) groups is 2. The zero-order valence-corrected chi connectivity index (χ0v) is 16.0. The Labute approximate surface area is 164 Å². The zero-order chi connectivity index (χ0) is 19.9. The van der Waals surface area contributed by atoms with Crippen molar-refractivity contribution >= 4 is 28.8 Å². The second kappa shape index (κ2) is 9.20. The Morgan fingerprint density at radius 3 is 2.75 bits per heavy atom. The van der Waals surface area contributed by atoms with Crippen molar-refractivity contribution in [3.8, 4) is 6.07 Å². The second-order valence-electron chi connectivity index (χ2n) is 6.74. The molecular formula is C21H24N4O3. The lowest BCUT2D eigenvalue weighted by Gasteiger charge is -2.13. The number of ether oxygens (including phenoxy) is 1. The summed E-state index contributed by atoms with van der Waals surface area (Å²) in [5.74, 6) is -0.351. The number of methoxy groups -OCH3 is 1. The van der Waals surface area contributed by atoms with Crippen molar-refractivity contribution in [3.63, 3.8) is 0 Å². The van der Waals surface area contributed by atoms with Crippen LogP contribution in [-0.4, -0.2) is 54.6 Å². The number of para-hydroxylation sites is 1. The third kappa shape index (κ3) is 4.41. The Bertz CT molecular complexity index is 933. The van der Waals surface area contributed by atoms with Crippen LogP contribution in [0.2, 0.25) is 0 Å². The highest BCUT2D eigenvalue weighted by atomic mass is 16.5. The van der Waals surface area contributed by atoms with E-state index >= 15 is 0 Å². The number of hydrogen-bond acceptors (Lipinski definition) is 4. The van der Waals surface area contributed by atoms with E-state index in [9.17, 15) is 14.9 Å². The van der Waals surface area contributed by atoms with Crippen molar-refractivity contribution in [1.29, 1.82) is 5.26 Å². The number of aromatic nitrogens is 1. The molecule has 7 heteroatoms. The maximum Gasteiger partial charge on any atom is 0.264 e. The minimum absolute atomic E-state index is 0.120. The summed E-state index contributed by atoms with van der Waals surface area (Å²) in [6.07, 6.45) is 5.39. The monoisotopic (exact) mass is 380 g/mol. The van der Waals surface area contributed by atoms with Gasteiger partial charge in [0.25, 0.3) is 5.91 Å². The molecular weight excluding hydrogens is 356 g/mol. The standard InChI is InChI=1S/C21H24N4O3/c1-28-11-8-23-20(26)15-25-14-17(18-6-2-3-7-19(18)25)12-16(13-22)21(27)24-9-4-5-10-24/h2-3,6-7,12,14H,4-5,8-11,15H2,1H3,(H,23,26)/b16-12+. The van der Waals surface area contributed by atoms with Gasteiger partial charge in [-0.05, 0) is 25.0 Å². The number of carbonyl (C=O) groups excluding carboxylic acids is 2.